The van der Waals surface area contributed by atoms with Gasteiger partial charge >= 0.3 is 0 Å². The zero-order valence-electron chi connectivity index (χ0n) is 40.8. The maximum Gasteiger partial charge on any atom is 0.245 e. The van der Waals surface area contributed by atoms with Crippen LogP contribution in [0.15, 0.2) is 60.9 Å². The summed E-state index contributed by atoms with van der Waals surface area (Å²) in [6.45, 7) is 7.71. The molecule has 67 heavy (non-hydrogen) atoms. The Morgan fingerprint density at radius 3 is 1.37 bits per heavy atom. The Morgan fingerprint density at radius 2 is 0.970 bits per heavy atom. The van der Waals surface area contributed by atoms with Crippen LogP contribution in [0.4, 0.5) is 0 Å². The molecule has 364 valence electrons. The van der Waals surface area contributed by atoms with Crippen LogP contribution >= 0.6 is 0 Å². The van der Waals surface area contributed by atoms with E-state index in [1.54, 1.807) is 14.1 Å². The van der Waals surface area contributed by atoms with E-state index < -0.39 is 12.1 Å². The van der Waals surface area contributed by atoms with Gasteiger partial charge in [0.1, 0.15) is 12.1 Å². The number of rotatable bonds is 20. The minimum atomic E-state index is -0.481. The van der Waals surface area contributed by atoms with Gasteiger partial charge in [0, 0.05) is 72.5 Å². The molecule has 8 rings (SSSR count). The van der Waals surface area contributed by atoms with E-state index in [-0.39, 0.29) is 59.6 Å². The second kappa shape index (κ2) is 23.1. The topological polar surface area (TPSA) is 142 Å². The Bertz CT molecular complexity index is 2130. The predicted molar refractivity (Wildman–Crippen MR) is 266 cm³/mol. The molecule has 0 spiro atoms. The van der Waals surface area contributed by atoms with E-state index in [2.05, 4.69) is 101 Å². The molecule has 4 amide bonds. The van der Waals surface area contributed by atoms with Crippen molar-refractivity contribution in [2.24, 2.45) is 11.8 Å². The van der Waals surface area contributed by atoms with Crippen LogP contribution in [-0.4, -0.2) is 119 Å². The number of fused-ring (bicyclic) bond motifs is 2. The molecule has 4 aromatic rings. The van der Waals surface area contributed by atoms with E-state index in [4.69, 9.17) is 4.74 Å². The number of amides is 4. The highest BCUT2D eigenvalue weighted by Gasteiger charge is 2.40. The van der Waals surface area contributed by atoms with Crippen LogP contribution in [0.3, 0.4) is 0 Å². The summed E-state index contributed by atoms with van der Waals surface area (Å²) < 4.78 is 11.0. The zero-order chi connectivity index (χ0) is 46.9. The number of hydrogen-bond donors (Lipinski definition) is 4. The molecule has 2 aliphatic carbocycles. The van der Waals surface area contributed by atoms with E-state index in [1.165, 1.54) is 45.8 Å². The lowest BCUT2D eigenvalue weighted by molar-refractivity contribution is -0.139. The Labute approximate surface area is 398 Å². The van der Waals surface area contributed by atoms with Gasteiger partial charge in [0.15, 0.2) is 0 Å². The molecular weight excluding hydrogens is 841 g/mol. The van der Waals surface area contributed by atoms with Gasteiger partial charge in [-0.1, -0.05) is 74.9 Å². The van der Waals surface area contributed by atoms with Crippen LogP contribution in [0.1, 0.15) is 115 Å². The van der Waals surface area contributed by atoms with Crippen molar-refractivity contribution in [3.63, 3.8) is 0 Å². The Hall–Kier alpha value is -4.72. The minimum Gasteiger partial charge on any atom is -0.378 e. The monoisotopic (exact) mass is 919 g/mol. The summed E-state index contributed by atoms with van der Waals surface area (Å²) in [5.41, 5.74) is 4.83. The quantitative estimate of drug-likeness (QED) is 0.0722. The smallest absolute Gasteiger partial charge is 0.245 e. The van der Waals surface area contributed by atoms with Crippen molar-refractivity contribution in [1.29, 1.82) is 0 Å². The summed E-state index contributed by atoms with van der Waals surface area (Å²) in [6, 6.07) is 15.6. The number of aromatic nitrogens is 2. The standard InChI is InChI=1S/C54H78N8O5/c1-37(55-3)51(63)57-49(39-17-7-5-8-18-39)53(65)61-27-15-21-43(61)33-41-35-59(47-25-13-11-23-45(41)47)29-31-67-32-30-60-36-42(46-24-12-14-26-48(46)60)34-44-22-16-28-62(44)54(66)50(40-19-9-6-10-20-40)58-52(64)38(2)56-4/h11-14,23-26,35-40,43-44,49-50,55-56H,5-10,15-22,27-34H2,1-4H3,(H,57,63)(H,58,64)/t37-,38-,43-,44-,49-,50+/m0/s1. The van der Waals surface area contributed by atoms with E-state index in [0.29, 0.717) is 26.3 Å². The highest BCUT2D eigenvalue weighted by Crippen LogP contribution is 2.34. The van der Waals surface area contributed by atoms with Gasteiger partial charge < -0.3 is 44.9 Å². The third kappa shape index (κ3) is 11.4. The third-order valence-corrected chi connectivity index (χ3v) is 15.9. The van der Waals surface area contributed by atoms with Gasteiger partial charge in [0.2, 0.25) is 23.6 Å². The molecule has 4 heterocycles. The lowest BCUT2D eigenvalue weighted by Gasteiger charge is -2.35. The summed E-state index contributed by atoms with van der Waals surface area (Å²) in [4.78, 5) is 59.3. The van der Waals surface area contributed by atoms with Crippen molar-refractivity contribution in [3.8, 4) is 0 Å². The molecule has 2 aliphatic heterocycles. The maximum atomic E-state index is 14.4. The second-order valence-corrected chi connectivity index (χ2v) is 20.2. The lowest BCUT2D eigenvalue weighted by Crippen LogP contribution is -2.56. The van der Waals surface area contributed by atoms with Crippen LogP contribution in [-0.2, 0) is 49.8 Å². The Balaban J connectivity index is 0.890. The predicted octanol–water partition coefficient (Wildman–Crippen LogP) is 6.73. The molecule has 2 aromatic carbocycles. The van der Waals surface area contributed by atoms with Gasteiger partial charge in [0.25, 0.3) is 0 Å². The van der Waals surface area contributed by atoms with E-state index in [9.17, 15) is 19.2 Å². The molecule has 13 nitrogen and oxygen atoms in total. The van der Waals surface area contributed by atoms with Gasteiger partial charge in [-0.25, -0.2) is 0 Å². The van der Waals surface area contributed by atoms with Crippen molar-refractivity contribution >= 4 is 45.4 Å². The van der Waals surface area contributed by atoms with E-state index in [0.717, 1.165) is 103 Å². The first-order valence-electron chi connectivity index (χ1n) is 25.9. The number of likely N-dealkylation sites (tertiary alicyclic amines) is 2. The second-order valence-electron chi connectivity index (χ2n) is 20.2. The average Bonchev–Trinajstić information content (AvgIpc) is 4.18. The van der Waals surface area contributed by atoms with Crippen LogP contribution in [0.2, 0.25) is 0 Å². The normalized spacial score (nSPS) is 21.4. The van der Waals surface area contributed by atoms with Gasteiger partial charge in [-0.3, -0.25) is 19.2 Å². The first-order chi connectivity index (χ1) is 32.6. The van der Waals surface area contributed by atoms with E-state index in [1.807, 2.05) is 13.8 Å². The van der Waals surface area contributed by atoms with Gasteiger partial charge in [0.05, 0.1) is 25.3 Å². The summed E-state index contributed by atoms with van der Waals surface area (Å²) in [5.74, 6) is 0.303. The summed E-state index contributed by atoms with van der Waals surface area (Å²) in [5, 5.41) is 14.9. The molecule has 2 saturated carbocycles. The molecule has 2 aromatic heterocycles. The highest BCUT2D eigenvalue weighted by molar-refractivity contribution is 5.91. The molecule has 13 heteroatoms. The molecule has 0 bridgehead atoms. The number of para-hydroxylation sites is 2. The number of likely N-dealkylation sites (N-methyl/N-ethyl adjacent to an activating group) is 2. The molecule has 4 aliphatic rings. The fraction of sp³-hybridized carbons (Fsp3) is 0.630. The number of carbonyl (C=O) groups excluding carboxylic acids is 4. The molecule has 0 radical (unpaired) electrons. The Kier molecular flexibility index (Phi) is 16.8. The minimum absolute atomic E-state index is 0.0849. The number of ether oxygens (including phenoxy) is 1. The number of nitrogens with zero attached hydrogens (tertiary/aromatic N) is 4. The Morgan fingerprint density at radius 1 is 0.567 bits per heavy atom. The number of nitrogens with one attached hydrogen (secondary N) is 4. The zero-order valence-corrected chi connectivity index (χ0v) is 40.8. The van der Waals surface area contributed by atoms with Crippen molar-refractivity contribution in [1.82, 2.24) is 40.2 Å². The van der Waals surface area contributed by atoms with E-state index >= 15 is 0 Å². The third-order valence-electron chi connectivity index (χ3n) is 15.9. The average molecular weight is 919 g/mol. The lowest BCUT2D eigenvalue weighted by atomic mass is 9.83. The summed E-state index contributed by atoms with van der Waals surface area (Å²) in [6.07, 6.45) is 20.7. The largest absolute Gasteiger partial charge is 0.378 e. The molecule has 4 N–H and O–H groups in total. The number of hydrogen-bond acceptors (Lipinski definition) is 7. The van der Waals surface area contributed by atoms with Crippen LogP contribution < -0.4 is 21.3 Å². The fourth-order valence-corrected chi connectivity index (χ4v) is 11.8. The molecule has 6 atom stereocenters. The van der Waals surface area contributed by atoms with Crippen molar-refractivity contribution in [2.45, 2.75) is 166 Å². The number of benzene rings is 2. The molecule has 2 saturated heterocycles. The maximum absolute atomic E-state index is 14.4. The van der Waals surface area contributed by atoms with Gasteiger partial charge in [-0.15, -0.1) is 0 Å². The van der Waals surface area contributed by atoms with Crippen molar-refractivity contribution < 1.29 is 23.9 Å². The SMILES string of the molecule is CN[C@@H](C)C(=O)N[C@H](C(=O)N1CCC[C@H]1Cc1cn(CCOCCn2cc(C[C@@H]3CCCN3C(=O)[C@H](NC(=O)[C@H](C)NC)C3CCCCC3)c3ccccc32)c2ccccc12)C1CCCCC1. The highest BCUT2D eigenvalue weighted by atomic mass is 16.5. The summed E-state index contributed by atoms with van der Waals surface area (Å²) in [7, 11) is 3.56. The first-order valence-corrected chi connectivity index (χ1v) is 25.9. The fourth-order valence-electron chi connectivity index (χ4n) is 11.8. The van der Waals surface area contributed by atoms with Crippen LogP contribution in [0.25, 0.3) is 21.8 Å². The van der Waals surface area contributed by atoms with Crippen LogP contribution in [0, 0.1) is 11.8 Å². The molecule has 4 fully saturated rings. The van der Waals surface area contributed by atoms with Crippen molar-refractivity contribution in [2.75, 3.05) is 40.4 Å². The van der Waals surface area contributed by atoms with Gasteiger partial charge in [-0.05, 0) is 127 Å². The number of carbonyl (C=O) groups is 4. The molecule has 0 unspecified atom stereocenters. The van der Waals surface area contributed by atoms with Crippen LogP contribution in [0.5, 0.6) is 0 Å². The van der Waals surface area contributed by atoms with Crippen molar-refractivity contribution in [3.05, 3.63) is 72.1 Å². The molecular formula is C54H78N8O5. The summed E-state index contributed by atoms with van der Waals surface area (Å²) >= 11 is 0. The first kappa shape index (κ1) is 48.7. The van der Waals surface area contributed by atoms with Gasteiger partial charge in [-0.2, -0.15) is 0 Å².